The monoisotopic (exact) mass is 388 g/mol. The van der Waals surface area contributed by atoms with Crippen LogP contribution < -0.4 is 10.4 Å². The summed E-state index contributed by atoms with van der Waals surface area (Å²) in [5, 5.41) is 11.3. The number of anilines is 1. The number of pyridine rings is 1. The minimum absolute atomic E-state index is 0.359. The summed E-state index contributed by atoms with van der Waals surface area (Å²) in [7, 11) is 0. The van der Waals surface area contributed by atoms with Crippen LogP contribution in [-0.4, -0.2) is 47.2 Å². The van der Waals surface area contributed by atoms with Crippen LogP contribution in [0.1, 0.15) is 15.9 Å². The molecule has 2 fully saturated rings. The normalized spacial score (nSPS) is 21.5. The second-order valence-corrected chi connectivity index (χ2v) is 8.15. The molecule has 2 aromatic carbocycles. The Morgan fingerprint density at radius 3 is 2.45 bits per heavy atom. The SMILES string of the molecule is O=C(NO)c1ccc(N2CC3CN(Cc4ccc5ccccc5c4)CC3C2)nc1. The predicted molar refractivity (Wildman–Crippen MR) is 112 cm³/mol. The zero-order valence-electron chi connectivity index (χ0n) is 16.2. The molecule has 6 heteroatoms. The Labute approximate surface area is 169 Å². The van der Waals surface area contributed by atoms with Crippen LogP contribution in [0.25, 0.3) is 10.8 Å². The molecule has 0 bridgehead atoms. The Kier molecular flexibility index (Phi) is 4.66. The molecule has 3 heterocycles. The van der Waals surface area contributed by atoms with Gasteiger partial charge in [0.15, 0.2) is 0 Å². The first-order chi connectivity index (χ1) is 14.2. The lowest BCUT2D eigenvalue weighted by atomic mass is 10.0. The number of nitrogens with one attached hydrogen (secondary N) is 1. The van der Waals surface area contributed by atoms with Gasteiger partial charge in [0.2, 0.25) is 0 Å². The Morgan fingerprint density at radius 1 is 1.00 bits per heavy atom. The van der Waals surface area contributed by atoms with Gasteiger partial charge in [0.1, 0.15) is 5.82 Å². The van der Waals surface area contributed by atoms with Crippen molar-refractivity contribution >= 4 is 22.5 Å². The van der Waals surface area contributed by atoms with E-state index in [0.717, 1.165) is 38.5 Å². The first-order valence-electron chi connectivity index (χ1n) is 10.0. The summed E-state index contributed by atoms with van der Waals surface area (Å²) < 4.78 is 0. The van der Waals surface area contributed by atoms with E-state index in [4.69, 9.17) is 5.21 Å². The number of nitrogens with zero attached hydrogens (tertiary/aromatic N) is 3. The molecule has 3 aromatic rings. The van der Waals surface area contributed by atoms with Crippen LogP contribution >= 0.6 is 0 Å². The van der Waals surface area contributed by atoms with Crippen molar-refractivity contribution in [3.8, 4) is 0 Å². The van der Waals surface area contributed by atoms with Gasteiger partial charge in [0.25, 0.3) is 5.91 Å². The molecule has 148 valence electrons. The lowest BCUT2D eigenvalue weighted by molar-refractivity contribution is 0.0706. The van der Waals surface area contributed by atoms with Gasteiger partial charge in [0, 0.05) is 38.9 Å². The van der Waals surface area contributed by atoms with Crippen molar-refractivity contribution in [2.45, 2.75) is 6.54 Å². The van der Waals surface area contributed by atoms with Gasteiger partial charge in [-0.2, -0.15) is 0 Å². The van der Waals surface area contributed by atoms with Crippen molar-refractivity contribution < 1.29 is 10.0 Å². The third-order valence-corrected chi connectivity index (χ3v) is 6.22. The number of likely N-dealkylation sites (tertiary alicyclic amines) is 1. The first kappa shape index (κ1) is 18.1. The zero-order chi connectivity index (χ0) is 19.8. The van der Waals surface area contributed by atoms with Crippen LogP contribution in [0.4, 0.5) is 5.82 Å². The molecule has 2 unspecified atom stereocenters. The molecule has 2 N–H and O–H groups in total. The number of carbonyl (C=O) groups is 1. The number of carbonyl (C=O) groups excluding carboxylic acids is 1. The number of amides is 1. The fourth-order valence-electron chi connectivity index (χ4n) is 4.77. The summed E-state index contributed by atoms with van der Waals surface area (Å²) in [5.41, 5.74) is 3.37. The topological polar surface area (TPSA) is 68.7 Å². The van der Waals surface area contributed by atoms with Gasteiger partial charge < -0.3 is 4.90 Å². The third kappa shape index (κ3) is 3.57. The Morgan fingerprint density at radius 2 is 1.76 bits per heavy atom. The minimum Gasteiger partial charge on any atom is -0.356 e. The molecule has 1 amide bonds. The van der Waals surface area contributed by atoms with Gasteiger partial charge in [-0.3, -0.25) is 14.9 Å². The molecule has 29 heavy (non-hydrogen) atoms. The fourth-order valence-corrected chi connectivity index (χ4v) is 4.77. The van der Waals surface area contributed by atoms with Gasteiger partial charge in [-0.25, -0.2) is 10.5 Å². The molecule has 2 aliphatic heterocycles. The van der Waals surface area contributed by atoms with Crippen molar-refractivity contribution in [3.05, 3.63) is 71.9 Å². The van der Waals surface area contributed by atoms with Crippen LogP contribution in [0, 0.1) is 11.8 Å². The average Bonchev–Trinajstić information content (AvgIpc) is 3.32. The molecule has 2 saturated heterocycles. The van der Waals surface area contributed by atoms with Crippen LogP contribution in [0.3, 0.4) is 0 Å². The third-order valence-electron chi connectivity index (χ3n) is 6.22. The number of fused-ring (bicyclic) bond motifs is 2. The summed E-state index contributed by atoms with van der Waals surface area (Å²) in [6, 6.07) is 18.8. The lowest BCUT2D eigenvalue weighted by Crippen LogP contribution is -2.29. The Balaban J connectivity index is 1.21. The zero-order valence-corrected chi connectivity index (χ0v) is 16.2. The van der Waals surface area contributed by atoms with Gasteiger partial charge in [0.05, 0.1) is 5.56 Å². The van der Waals surface area contributed by atoms with E-state index in [-0.39, 0.29) is 0 Å². The van der Waals surface area contributed by atoms with E-state index in [1.165, 1.54) is 22.5 Å². The standard InChI is InChI=1S/C23H24N4O2/c28-23(25-29)19-7-8-22(24-10-19)27-14-20-12-26(13-21(20)15-27)11-16-5-6-17-3-1-2-4-18(17)9-16/h1-10,20-21,29H,11-15H2,(H,25,28). The van der Waals surface area contributed by atoms with Gasteiger partial charge in [-0.15, -0.1) is 0 Å². The molecule has 0 spiro atoms. The van der Waals surface area contributed by atoms with E-state index in [2.05, 4.69) is 57.2 Å². The number of benzene rings is 2. The maximum absolute atomic E-state index is 11.4. The molecular weight excluding hydrogens is 364 g/mol. The van der Waals surface area contributed by atoms with E-state index in [9.17, 15) is 4.79 Å². The maximum Gasteiger partial charge on any atom is 0.276 e. The molecule has 5 rings (SSSR count). The smallest absolute Gasteiger partial charge is 0.276 e. The van der Waals surface area contributed by atoms with Gasteiger partial charge in [-0.1, -0.05) is 36.4 Å². The second-order valence-electron chi connectivity index (χ2n) is 8.15. The van der Waals surface area contributed by atoms with Gasteiger partial charge in [-0.05, 0) is 46.4 Å². The number of hydrogen-bond donors (Lipinski definition) is 2. The number of aromatic nitrogens is 1. The van der Waals surface area contributed by atoms with E-state index in [0.29, 0.717) is 17.4 Å². The van der Waals surface area contributed by atoms with E-state index >= 15 is 0 Å². The summed E-state index contributed by atoms with van der Waals surface area (Å²) in [4.78, 5) is 20.7. The van der Waals surface area contributed by atoms with Crippen molar-refractivity contribution in [1.82, 2.24) is 15.4 Å². The van der Waals surface area contributed by atoms with Crippen molar-refractivity contribution in [2.75, 3.05) is 31.1 Å². The Hall–Kier alpha value is -2.96. The molecule has 2 aliphatic rings. The molecule has 6 nitrogen and oxygen atoms in total. The van der Waals surface area contributed by atoms with Crippen LogP contribution in [0.5, 0.6) is 0 Å². The molecule has 0 radical (unpaired) electrons. The molecule has 0 aliphatic carbocycles. The largest absolute Gasteiger partial charge is 0.356 e. The average molecular weight is 388 g/mol. The fraction of sp³-hybridized carbons (Fsp3) is 0.304. The van der Waals surface area contributed by atoms with Crippen LogP contribution in [0.2, 0.25) is 0 Å². The second kappa shape index (κ2) is 7.46. The number of hydrogen-bond acceptors (Lipinski definition) is 5. The number of rotatable bonds is 4. The lowest BCUT2D eigenvalue weighted by Gasteiger charge is -2.22. The predicted octanol–water partition coefficient (Wildman–Crippen LogP) is 2.92. The molecule has 0 saturated carbocycles. The summed E-state index contributed by atoms with van der Waals surface area (Å²) in [6.07, 6.45) is 1.51. The van der Waals surface area contributed by atoms with Crippen LogP contribution in [-0.2, 0) is 6.54 Å². The van der Waals surface area contributed by atoms with E-state index < -0.39 is 5.91 Å². The maximum atomic E-state index is 11.4. The highest BCUT2D eigenvalue weighted by atomic mass is 16.5. The minimum atomic E-state index is -0.535. The first-order valence-corrected chi connectivity index (χ1v) is 10.0. The van der Waals surface area contributed by atoms with Crippen molar-refractivity contribution in [1.29, 1.82) is 0 Å². The summed E-state index contributed by atoms with van der Waals surface area (Å²) >= 11 is 0. The summed E-state index contributed by atoms with van der Waals surface area (Å²) in [5.74, 6) is 1.66. The van der Waals surface area contributed by atoms with Crippen molar-refractivity contribution in [2.24, 2.45) is 11.8 Å². The molecular formula is C23H24N4O2. The number of hydroxylamine groups is 1. The quantitative estimate of drug-likeness (QED) is 0.531. The summed E-state index contributed by atoms with van der Waals surface area (Å²) in [6.45, 7) is 5.22. The highest BCUT2D eigenvalue weighted by Crippen LogP contribution is 2.34. The van der Waals surface area contributed by atoms with Crippen LogP contribution in [0.15, 0.2) is 60.8 Å². The Bertz CT molecular complexity index is 1020. The highest BCUT2D eigenvalue weighted by molar-refractivity contribution is 5.93. The van der Waals surface area contributed by atoms with Gasteiger partial charge >= 0.3 is 0 Å². The van der Waals surface area contributed by atoms with Crippen molar-refractivity contribution in [3.63, 3.8) is 0 Å². The van der Waals surface area contributed by atoms with E-state index in [1.807, 2.05) is 6.07 Å². The highest BCUT2D eigenvalue weighted by Gasteiger charge is 2.40. The van der Waals surface area contributed by atoms with E-state index in [1.54, 1.807) is 11.5 Å². The molecule has 2 atom stereocenters. The molecule has 1 aromatic heterocycles.